The molecule has 1 N–H and O–H groups in total. The lowest BCUT2D eigenvalue weighted by Crippen LogP contribution is -2.32. The Bertz CT molecular complexity index is 344. The number of hydrogen-bond acceptors (Lipinski definition) is 2. The van der Waals surface area contributed by atoms with Crippen molar-refractivity contribution in [1.29, 1.82) is 0 Å². The highest BCUT2D eigenvalue weighted by molar-refractivity contribution is 5.73. The third-order valence-corrected chi connectivity index (χ3v) is 2.20. The van der Waals surface area contributed by atoms with E-state index in [0.717, 1.165) is 5.56 Å². The molecular formula is C12H16O3. The van der Waals surface area contributed by atoms with E-state index in [4.69, 9.17) is 9.84 Å². The first-order valence-electron chi connectivity index (χ1n) is 4.97. The van der Waals surface area contributed by atoms with Gasteiger partial charge in [-0.05, 0) is 18.6 Å². The maximum Gasteiger partial charge on any atom is 0.345 e. The van der Waals surface area contributed by atoms with Crippen molar-refractivity contribution in [1.82, 2.24) is 0 Å². The minimum atomic E-state index is -0.923. The molecule has 0 saturated carbocycles. The molecule has 0 heterocycles. The zero-order valence-corrected chi connectivity index (χ0v) is 9.23. The fraction of sp³-hybridized carbons (Fsp3) is 0.417. The molecule has 82 valence electrons. The third-order valence-electron chi connectivity index (χ3n) is 2.20. The highest BCUT2D eigenvalue weighted by Crippen LogP contribution is 2.20. The van der Waals surface area contributed by atoms with Gasteiger partial charge in [0, 0.05) is 5.92 Å². The Hall–Kier alpha value is -1.51. The number of carboxylic acids is 1. The summed E-state index contributed by atoms with van der Waals surface area (Å²) in [5.74, 6) is -0.339. The summed E-state index contributed by atoms with van der Waals surface area (Å²) in [5.41, 5.74) is 0.949. The Morgan fingerprint density at radius 3 is 2.40 bits per heavy atom. The van der Waals surface area contributed by atoms with Crippen molar-refractivity contribution >= 4 is 5.97 Å². The van der Waals surface area contributed by atoms with Crippen LogP contribution >= 0.6 is 0 Å². The van der Waals surface area contributed by atoms with Crippen molar-refractivity contribution in [2.45, 2.75) is 26.9 Å². The molecule has 15 heavy (non-hydrogen) atoms. The predicted octanol–water partition coefficient (Wildman–Crippen LogP) is 2.48. The maximum atomic E-state index is 10.9. The predicted molar refractivity (Wildman–Crippen MR) is 58.1 cm³/mol. The highest BCUT2D eigenvalue weighted by atomic mass is 16.5. The van der Waals surface area contributed by atoms with Gasteiger partial charge in [-0.1, -0.05) is 32.0 Å². The second kappa shape index (κ2) is 4.82. The summed E-state index contributed by atoms with van der Waals surface area (Å²) in [5, 5.41) is 8.97. The molecule has 3 nitrogen and oxygen atoms in total. The fourth-order valence-electron chi connectivity index (χ4n) is 1.30. The number of para-hydroxylation sites is 1. The van der Waals surface area contributed by atoms with Crippen LogP contribution in [0, 0.1) is 12.8 Å². The van der Waals surface area contributed by atoms with Crippen molar-refractivity contribution in [3.05, 3.63) is 29.8 Å². The van der Waals surface area contributed by atoms with Crippen molar-refractivity contribution in [3.8, 4) is 5.75 Å². The molecule has 0 aromatic heterocycles. The smallest absolute Gasteiger partial charge is 0.345 e. The Kier molecular flexibility index (Phi) is 3.72. The number of rotatable bonds is 4. The number of benzene rings is 1. The largest absolute Gasteiger partial charge is 0.478 e. The number of ether oxygens (including phenoxy) is 1. The molecule has 0 amide bonds. The molecule has 1 unspecified atom stereocenters. The molecule has 1 aromatic rings. The van der Waals surface area contributed by atoms with Gasteiger partial charge in [-0.25, -0.2) is 4.79 Å². The van der Waals surface area contributed by atoms with Crippen molar-refractivity contribution < 1.29 is 14.6 Å². The molecule has 0 aliphatic carbocycles. The lowest BCUT2D eigenvalue weighted by Gasteiger charge is -2.19. The summed E-state index contributed by atoms with van der Waals surface area (Å²) in [4.78, 5) is 10.9. The van der Waals surface area contributed by atoms with Crippen LogP contribution in [0.25, 0.3) is 0 Å². The third kappa shape index (κ3) is 2.98. The fourth-order valence-corrected chi connectivity index (χ4v) is 1.30. The van der Waals surface area contributed by atoms with E-state index in [9.17, 15) is 4.79 Å². The minimum absolute atomic E-state index is 0.0536. The Labute approximate surface area is 89.7 Å². The first-order valence-corrected chi connectivity index (χ1v) is 4.97. The molecule has 0 spiro atoms. The molecule has 1 atom stereocenters. The Balaban J connectivity index is 2.84. The lowest BCUT2D eigenvalue weighted by atomic mass is 10.1. The number of hydrogen-bond donors (Lipinski definition) is 1. The van der Waals surface area contributed by atoms with Gasteiger partial charge < -0.3 is 9.84 Å². The van der Waals surface area contributed by atoms with Crippen LogP contribution in [0.3, 0.4) is 0 Å². The number of carboxylic acid groups (broad SMARTS) is 1. The number of aliphatic carboxylic acids is 1. The van der Waals surface area contributed by atoms with E-state index in [1.54, 1.807) is 6.07 Å². The van der Waals surface area contributed by atoms with Crippen LogP contribution in [0.1, 0.15) is 19.4 Å². The van der Waals surface area contributed by atoms with E-state index in [1.807, 2.05) is 39.0 Å². The normalized spacial score (nSPS) is 12.5. The van der Waals surface area contributed by atoms with Crippen LogP contribution in [0.4, 0.5) is 0 Å². The van der Waals surface area contributed by atoms with Gasteiger partial charge in [-0.2, -0.15) is 0 Å². The average molecular weight is 208 g/mol. The van der Waals surface area contributed by atoms with Crippen LogP contribution in [-0.4, -0.2) is 17.2 Å². The van der Waals surface area contributed by atoms with E-state index >= 15 is 0 Å². The summed E-state index contributed by atoms with van der Waals surface area (Å²) < 4.78 is 5.47. The summed E-state index contributed by atoms with van der Waals surface area (Å²) in [6.07, 6.45) is -0.786. The highest BCUT2D eigenvalue weighted by Gasteiger charge is 2.23. The zero-order valence-electron chi connectivity index (χ0n) is 9.23. The van der Waals surface area contributed by atoms with Gasteiger partial charge in [0.05, 0.1) is 0 Å². The standard InChI is InChI=1S/C12H16O3/c1-8(2)11(12(13)14)15-10-7-5-4-6-9(10)3/h4-8,11H,1-3H3,(H,13,14). The molecule has 1 rings (SSSR count). The van der Waals surface area contributed by atoms with Gasteiger partial charge in [-0.15, -0.1) is 0 Å². The maximum absolute atomic E-state index is 10.9. The van der Waals surface area contributed by atoms with E-state index in [1.165, 1.54) is 0 Å². The average Bonchev–Trinajstić information content (AvgIpc) is 2.15. The topological polar surface area (TPSA) is 46.5 Å². The van der Waals surface area contributed by atoms with Gasteiger partial charge in [0.2, 0.25) is 0 Å². The molecule has 0 aliphatic heterocycles. The quantitative estimate of drug-likeness (QED) is 0.826. The summed E-state index contributed by atoms with van der Waals surface area (Å²) in [7, 11) is 0. The first kappa shape index (κ1) is 11.6. The van der Waals surface area contributed by atoms with E-state index in [-0.39, 0.29) is 5.92 Å². The van der Waals surface area contributed by atoms with Crippen molar-refractivity contribution in [2.75, 3.05) is 0 Å². The molecule has 3 heteroatoms. The van der Waals surface area contributed by atoms with Gasteiger partial charge in [-0.3, -0.25) is 0 Å². The van der Waals surface area contributed by atoms with Crippen LogP contribution in [0.15, 0.2) is 24.3 Å². The van der Waals surface area contributed by atoms with Crippen molar-refractivity contribution in [2.24, 2.45) is 5.92 Å². The SMILES string of the molecule is Cc1ccccc1OC(C(=O)O)C(C)C. The summed E-state index contributed by atoms with van der Waals surface area (Å²) in [6.45, 7) is 5.56. The van der Waals surface area contributed by atoms with Crippen LogP contribution < -0.4 is 4.74 Å². The van der Waals surface area contributed by atoms with Crippen LogP contribution in [0.5, 0.6) is 5.75 Å². The molecule has 0 radical (unpaired) electrons. The molecule has 0 aliphatic rings. The van der Waals surface area contributed by atoms with Gasteiger partial charge in [0.1, 0.15) is 5.75 Å². The zero-order chi connectivity index (χ0) is 11.4. The number of aryl methyl sites for hydroxylation is 1. The lowest BCUT2D eigenvalue weighted by molar-refractivity contribution is -0.147. The van der Waals surface area contributed by atoms with E-state index < -0.39 is 12.1 Å². The second-order valence-corrected chi connectivity index (χ2v) is 3.89. The molecular weight excluding hydrogens is 192 g/mol. The minimum Gasteiger partial charge on any atom is -0.478 e. The van der Waals surface area contributed by atoms with Crippen LogP contribution in [0.2, 0.25) is 0 Å². The van der Waals surface area contributed by atoms with Gasteiger partial charge in [0.25, 0.3) is 0 Å². The van der Waals surface area contributed by atoms with E-state index in [0.29, 0.717) is 5.75 Å². The number of carbonyl (C=O) groups is 1. The first-order chi connectivity index (χ1) is 7.02. The summed E-state index contributed by atoms with van der Waals surface area (Å²) in [6, 6.07) is 7.41. The van der Waals surface area contributed by atoms with E-state index in [2.05, 4.69) is 0 Å². The second-order valence-electron chi connectivity index (χ2n) is 3.89. The van der Waals surface area contributed by atoms with Gasteiger partial charge >= 0.3 is 5.97 Å². The molecule has 0 saturated heterocycles. The summed E-state index contributed by atoms with van der Waals surface area (Å²) >= 11 is 0. The van der Waals surface area contributed by atoms with Crippen LogP contribution in [-0.2, 0) is 4.79 Å². The molecule has 0 bridgehead atoms. The monoisotopic (exact) mass is 208 g/mol. The van der Waals surface area contributed by atoms with Gasteiger partial charge in [0.15, 0.2) is 6.10 Å². The Morgan fingerprint density at radius 2 is 1.93 bits per heavy atom. The molecule has 0 fully saturated rings. The van der Waals surface area contributed by atoms with Crippen molar-refractivity contribution in [3.63, 3.8) is 0 Å². The molecule has 1 aromatic carbocycles. The Morgan fingerprint density at radius 1 is 1.33 bits per heavy atom.